The summed E-state index contributed by atoms with van der Waals surface area (Å²) >= 11 is 0. The second-order valence-corrected chi connectivity index (χ2v) is 4.16. The topological polar surface area (TPSA) is 50.7 Å². The van der Waals surface area contributed by atoms with Gasteiger partial charge in [0.1, 0.15) is 12.4 Å². The Balaban J connectivity index is 1.89. The maximum absolute atomic E-state index is 6.24. The molecule has 1 aliphatic heterocycles. The highest BCUT2D eigenvalue weighted by Crippen LogP contribution is 2.24. The second-order valence-electron chi connectivity index (χ2n) is 4.16. The number of rotatable bonds is 2. The average molecular weight is 223 g/mol. The van der Waals surface area contributed by atoms with Crippen molar-refractivity contribution < 1.29 is 0 Å². The summed E-state index contributed by atoms with van der Waals surface area (Å²) in [5.41, 5.74) is 9.41. The maximum atomic E-state index is 6.24. The molecule has 2 N–H and O–H groups in total. The third-order valence-electron chi connectivity index (χ3n) is 3.04. The van der Waals surface area contributed by atoms with Crippen molar-refractivity contribution in [2.45, 2.75) is 12.1 Å². The van der Waals surface area contributed by atoms with Crippen molar-refractivity contribution in [2.24, 2.45) is 15.7 Å². The molecular weight excluding hydrogens is 210 g/mol. The highest BCUT2D eigenvalue weighted by molar-refractivity contribution is 6.09. The largest absolute Gasteiger partial charge is 0.320 e. The zero-order chi connectivity index (χ0) is 11.7. The van der Waals surface area contributed by atoms with Gasteiger partial charge in [0.05, 0.1) is 11.8 Å². The minimum atomic E-state index is -0.100. The molecule has 1 aromatic rings. The van der Waals surface area contributed by atoms with Gasteiger partial charge in [-0.1, -0.05) is 42.5 Å². The van der Waals surface area contributed by atoms with Crippen LogP contribution in [-0.4, -0.2) is 18.1 Å². The zero-order valence-corrected chi connectivity index (χ0v) is 9.32. The number of benzene rings is 1. The molecule has 0 aromatic heterocycles. The highest BCUT2D eigenvalue weighted by atomic mass is 15.0. The Hall–Kier alpha value is -2.00. The summed E-state index contributed by atoms with van der Waals surface area (Å²) in [6.07, 6.45) is 7.73. The minimum absolute atomic E-state index is 0.0988. The first-order valence-corrected chi connectivity index (χ1v) is 5.64. The Morgan fingerprint density at radius 1 is 1.18 bits per heavy atom. The van der Waals surface area contributed by atoms with Crippen molar-refractivity contribution >= 4 is 12.1 Å². The average Bonchev–Trinajstić information content (AvgIpc) is 2.86. The molecule has 0 fully saturated rings. The molecule has 0 bridgehead atoms. The van der Waals surface area contributed by atoms with E-state index in [1.165, 1.54) is 0 Å². The van der Waals surface area contributed by atoms with Crippen molar-refractivity contribution in [1.82, 2.24) is 0 Å². The molecule has 3 nitrogen and oxygen atoms in total. The standard InChI is InChI=1S/C14H13N3/c15-14(10-4-2-1-3-5-10)11-6-7-12-13(8-11)17-9-16-12/h1-9,12,14H,15H2/t12-,14-/m1/s1. The van der Waals surface area contributed by atoms with Gasteiger partial charge in [-0.05, 0) is 17.2 Å². The molecule has 0 amide bonds. The molecule has 3 rings (SSSR count). The summed E-state index contributed by atoms with van der Waals surface area (Å²) in [5.74, 6) is 0. The summed E-state index contributed by atoms with van der Waals surface area (Å²) < 4.78 is 0. The zero-order valence-electron chi connectivity index (χ0n) is 9.32. The SMILES string of the molecule is N[C@@H](C1=CC2=NC=N[C@@H]2C=C1)c1ccccc1. The van der Waals surface area contributed by atoms with E-state index < -0.39 is 0 Å². The molecule has 3 heteroatoms. The van der Waals surface area contributed by atoms with Gasteiger partial charge < -0.3 is 5.73 Å². The Bertz CT molecular complexity index is 538. The van der Waals surface area contributed by atoms with Crippen molar-refractivity contribution in [3.8, 4) is 0 Å². The molecule has 0 radical (unpaired) electrons. The van der Waals surface area contributed by atoms with Crippen molar-refractivity contribution in [3.05, 3.63) is 59.7 Å². The number of fused-ring (bicyclic) bond motifs is 1. The van der Waals surface area contributed by atoms with Gasteiger partial charge in [0.25, 0.3) is 0 Å². The van der Waals surface area contributed by atoms with Crippen LogP contribution in [0.5, 0.6) is 0 Å². The summed E-state index contributed by atoms with van der Waals surface area (Å²) in [7, 11) is 0. The predicted molar refractivity (Wildman–Crippen MR) is 70.3 cm³/mol. The monoisotopic (exact) mass is 223 g/mol. The smallest absolute Gasteiger partial charge is 0.112 e. The molecule has 17 heavy (non-hydrogen) atoms. The van der Waals surface area contributed by atoms with Gasteiger partial charge in [0.2, 0.25) is 0 Å². The first-order valence-electron chi connectivity index (χ1n) is 5.64. The predicted octanol–water partition coefficient (Wildman–Crippen LogP) is 2.03. The number of aliphatic imine (C=N–C) groups is 2. The lowest BCUT2D eigenvalue weighted by atomic mass is 9.93. The van der Waals surface area contributed by atoms with Crippen molar-refractivity contribution in [1.29, 1.82) is 0 Å². The summed E-state index contributed by atoms with van der Waals surface area (Å²) in [6.45, 7) is 0. The van der Waals surface area contributed by atoms with Crippen LogP contribution >= 0.6 is 0 Å². The van der Waals surface area contributed by atoms with Crippen molar-refractivity contribution in [2.75, 3.05) is 0 Å². The minimum Gasteiger partial charge on any atom is -0.320 e. The van der Waals surface area contributed by atoms with E-state index in [1.807, 2.05) is 48.6 Å². The molecule has 2 aliphatic rings. The fourth-order valence-electron chi connectivity index (χ4n) is 2.06. The normalized spacial score (nSPS) is 23.0. The molecule has 1 aliphatic carbocycles. The van der Waals surface area contributed by atoms with Crippen LogP contribution in [0.15, 0.2) is 64.1 Å². The van der Waals surface area contributed by atoms with E-state index in [0.29, 0.717) is 0 Å². The van der Waals surface area contributed by atoms with Gasteiger partial charge >= 0.3 is 0 Å². The van der Waals surface area contributed by atoms with Crippen LogP contribution in [0.4, 0.5) is 0 Å². The van der Waals surface area contributed by atoms with E-state index in [1.54, 1.807) is 6.34 Å². The first-order chi connectivity index (χ1) is 8.34. The van der Waals surface area contributed by atoms with Crippen LogP contribution in [0.3, 0.4) is 0 Å². The molecule has 0 saturated carbocycles. The van der Waals surface area contributed by atoms with E-state index in [0.717, 1.165) is 16.8 Å². The van der Waals surface area contributed by atoms with Gasteiger partial charge in [-0.2, -0.15) is 0 Å². The summed E-state index contributed by atoms with van der Waals surface area (Å²) in [6, 6.07) is 10.1. The van der Waals surface area contributed by atoms with Gasteiger partial charge in [0.15, 0.2) is 0 Å². The third-order valence-corrected chi connectivity index (χ3v) is 3.04. The Labute approximate surface area is 100 Å². The van der Waals surface area contributed by atoms with E-state index in [9.17, 15) is 0 Å². The van der Waals surface area contributed by atoms with Crippen molar-refractivity contribution in [3.63, 3.8) is 0 Å². The number of nitrogens with zero attached hydrogens (tertiary/aromatic N) is 2. The van der Waals surface area contributed by atoms with Crippen LogP contribution in [0.1, 0.15) is 11.6 Å². The van der Waals surface area contributed by atoms with Gasteiger partial charge in [-0.25, -0.2) is 4.99 Å². The summed E-state index contributed by atoms with van der Waals surface area (Å²) in [5, 5.41) is 0. The quantitative estimate of drug-likeness (QED) is 0.819. The molecule has 0 spiro atoms. The molecule has 0 unspecified atom stereocenters. The molecule has 0 saturated heterocycles. The fourth-order valence-corrected chi connectivity index (χ4v) is 2.06. The summed E-state index contributed by atoms with van der Waals surface area (Å²) in [4.78, 5) is 8.45. The lowest BCUT2D eigenvalue weighted by Crippen LogP contribution is -2.19. The Morgan fingerprint density at radius 2 is 2.00 bits per heavy atom. The number of nitrogens with two attached hydrogens (primary N) is 1. The molecule has 1 aromatic carbocycles. The van der Waals surface area contributed by atoms with Gasteiger partial charge in [-0.3, -0.25) is 4.99 Å². The molecule has 84 valence electrons. The van der Waals surface area contributed by atoms with Crippen LogP contribution in [0.2, 0.25) is 0 Å². The Kier molecular flexibility index (Phi) is 2.46. The van der Waals surface area contributed by atoms with Crippen LogP contribution in [0, 0.1) is 0 Å². The van der Waals surface area contributed by atoms with Crippen LogP contribution in [-0.2, 0) is 0 Å². The first kappa shape index (κ1) is 10.2. The van der Waals surface area contributed by atoms with Crippen LogP contribution < -0.4 is 5.73 Å². The lowest BCUT2D eigenvalue weighted by Gasteiger charge is -2.18. The van der Waals surface area contributed by atoms with Gasteiger partial charge in [-0.15, -0.1) is 0 Å². The lowest BCUT2D eigenvalue weighted by molar-refractivity contribution is 0.865. The highest BCUT2D eigenvalue weighted by Gasteiger charge is 2.20. The number of hydrogen-bond donors (Lipinski definition) is 1. The van der Waals surface area contributed by atoms with E-state index in [2.05, 4.69) is 9.98 Å². The number of hydrogen-bond acceptors (Lipinski definition) is 3. The molecule has 1 heterocycles. The fraction of sp³-hybridized carbons (Fsp3) is 0.143. The van der Waals surface area contributed by atoms with E-state index in [4.69, 9.17) is 5.73 Å². The Morgan fingerprint density at radius 3 is 2.82 bits per heavy atom. The second kappa shape index (κ2) is 4.11. The maximum Gasteiger partial charge on any atom is 0.112 e. The van der Waals surface area contributed by atoms with Gasteiger partial charge in [0, 0.05) is 0 Å². The third kappa shape index (κ3) is 1.85. The van der Waals surface area contributed by atoms with Crippen LogP contribution in [0.25, 0.3) is 0 Å². The van der Waals surface area contributed by atoms with E-state index >= 15 is 0 Å². The van der Waals surface area contributed by atoms with E-state index in [-0.39, 0.29) is 12.1 Å². The molecule has 2 atom stereocenters. The molecular formula is C14H13N3.